The van der Waals surface area contributed by atoms with Crippen LogP contribution in [-0.4, -0.2) is 36.0 Å². The number of pyridine rings is 1. The first kappa shape index (κ1) is 11.2. The van der Waals surface area contributed by atoms with Crippen LogP contribution < -0.4 is 0 Å². The van der Waals surface area contributed by atoms with Gasteiger partial charge in [0.15, 0.2) is 0 Å². The van der Waals surface area contributed by atoms with Crippen LogP contribution in [-0.2, 0) is 4.74 Å². The van der Waals surface area contributed by atoms with Gasteiger partial charge in [0, 0.05) is 25.0 Å². The van der Waals surface area contributed by atoms with E-state index in [1.54, 1.807) is 31.6 Å². The monoisotopic (exact) mass is 207 g/mol. The van der Waals surface area contributed by atoms with Crippen molar-refractivity contribution in [2.75, 3.05) is 13.7 Å². The highest BCUT2D eigenvalue weighted by atomic mass is 16.6. The molecule has 5 heteroatoms. The molecule has 80 valence electrons. The molecule has 0 aliphatic rings. The van der Waals surface area contributed by atoms with Crippen molar-refractivity contribution in [1.82, 2.24) is 9.99 Å². The number of ether oxygens (including phenoxy) is 1. The van der Waals surface area contributed by atoms with E-state index in [1.807, 2.05) is 6.07 Å². The average molecular weight is 207 g/mol. The van der Waals surface area contributed by atoms with Crippen molar-refractivity contribution in [1.29, 1.82) is 0 Å². The van der Waals surface area contributed by atoms with Crippen LogP contribution in [0, 0.1) is 0 Å². The fourth-order valence-corrected chi connectivity index (χ4v) is 0.870. The van der Waals surface area contributed by atoms with Gasteiger partial charge in [0.05, 0.1) is 12.8 Å². The predicted octanol–water partition coefficient (Wildman–Crippen LogP) is 1.50. The molecule has 0 atom stereocenters. The van der Waals surface area contributed by atoms with Crippen molar-refractivity contribution in [2.24, 2.45) is 5.10 Å². The Kier molecular flexibility index (Phi) is 4.28. The number of rotatable bonds is 3. The Balaban J connectivity index is 2.54. The fourth-order valence-electron chi connectivity index (χ4n) is 0.870. The number of carbonyl (C=O) groups is 1. The lowest BCUT2D eigenvalue weighted by Crippen LogP contribution is -2.22. The van der Waals surface area contributed by atoms with Gasteiger partial charge in [0.2, 0.25) is 0 Å². The van der Waals surface area contributed by atoms with E-state index in [1.165, 1.54) is 7.05 Å². The van der Waals surface area contributed by atoms with Gasteiger partial charge in [-0.2, -0.15) is 5.10 Å². The molecule has 0 N–H and O–H groups in total. The molecule has 0 bridgehead atoms. The van der Waals surface area contributed by atoms with Gasteiger partial charge < -0.3 is 4.74 Å². The molecule has 0 radical (unpaired) electrons. The molecule has 0 saturated heterocycles. The van der Waals surface area contributed by atoms with E-state index in [0.717, 1.165) is 10.6 Å². The SMILES string of the molecule is CCOC(=O)N(C)/N=C/c1cccnc1. The van der Waals surface area contributed by atoms with Crippen molar-refractivity contribution >= 4 is 12.3 Å². The summed E-state index contributed by atoms with van der Waals surface area (Å²) in [6, 6.07) is 3.64. The first-order chi connectivity index (χ1) is 7.24. The third-order valence-electron chi connectivity index (χ3n) is 1.60. The third kappa shape index (κ3) is 3.76. The van der Waals surface area contributed by atoms with E-state index in [0.29, 0.717) is 6.61 Å². The lowest BCUT2D eigenvalue weighted by atomic mass is 10.3. The van der Waals surface area contributed by atoms with Gasteiger partial charge in [-0.15, -0.1) is 0 Å². The maximum Gasteiger partial charge on any atom is 0.430 e. The average Bonchev–Trinajstić information content (AvgIpc) is 2.27. The van der Waals surface area contributed by atoms with Crippen LogP contribution in [0.3, 0.4) is 0 Å². The topological polar surface area (TPSA) is 54.8 Å². The van der Waals surface area contributed by atoms with Gasteiger partial charge in [-0.05, 0) is 13.0 Å². The maximum absolute atomic E-state index is 11.1. The molecule has 0 aromatic carbocycles. The molecule has 1 aromatic heterocycles. The molecule has 5 nitrogen and oxygen atoms in total. The van der Waals surface area contributed by atoms with E-state index >= 15 is 0 Å². The lowest BCUT2D eigenvalue weighted by molar-refractivity contribution is 0.117. The zero-order valence-corrected chi connectivity index (χ0v) is 8.75. The first-order valence-electron chi connectivity index (χ1n) is 4.58. The largest absolute Gasteiger partial charge is 0.448 e. The number of aromatic nitrogens is 1. The molecule has 15 heavy (non-hydrogen) atoms. The number of hydrogen-bond acceptors (Lipinski definition) is 4. The summed E-state index contributed by atoms with van der Waals surface area (Å²) in [7, 11) is 1.53. The van der Waals surface area contributed by atoms with Crippen molar-refractivity contribution in [2.45, 2.75) is 6.92 Å². The first-order valence-corrected chi connectivity index (χ1v) is 4.58. The zero-order chi connectivity index (χ0) is 11.1. The Morgan fingerprint density at radius 2 is 2.53 bits per heavy atom. The quantitative estimate of drug-likeness (QED) is 0.557. The number of hydrazone groups is 1. The maximum atomic E-state index is 11.1. The summed E-state index contributed by atoms with van der Waals surface area (Å²) < 4.78 is 4.75. The van der Waals surface area contributed by atoms with Crippen LogP contribution in [0.4, 0.5) is 4.79 Å². The molecule has 1 amide bonds. The molecule has 1 aromatic rings. The number of amides is 1. The Morgan fingerprint density at radius 1 is 1.73 bits per heavy atom. The van der Waals surface area contributed by atoms with E-state index in [2.05, 4.69) is 10.1 Å². The van der Waals surface area contributed by atoms with E-state index in [9.17, 15) is 4.79 Å². The highest BCUT2D eigenvalue weighted by Crippen LogP contribution is 1.94. The highest BCUT2D eigenvalue weighted by molar-refractivity contribution is 5.80. The molecule has 1 heterocycles. The summed E-state index contributed by atoms with van der Waals surface area (Å²) in [4.78, 5) is 15.1. The highest BCUT2D eigenvalue weighted by Gasteiger charge is 2.05. The van der Waals surface area contributed by atoms with Gasteiger partial charge >= 0.3 is 6.09 Å². The van der Waals surface area contributed by atoms with Crippen molar-refractivity contribution in [3.8, 4) is 0 Å². The van der Waals surface area contributed by atoms with Crippen LogP contribution in [0.15, 0.2) is 29.6 Å². The molecular formula is C10H13N3O2. The fraction of sp³-hybridized carbons (Fsp3) is 0.300. The van der Waals surface area contributed by atoms with Gasteiger partial charge in [-0.3, -0.25) is 4.98 Å². The zero-order valence-electron chi connectivity index (χ0n) is 8.75. The van der Waals surface area contributed by atoms with Crippen LogP contribution in [0.5, 0.6) is 0 Å². The summed E-state index contributed by atoms with van der Waals surface area (Å²) in [5, 5.41) is 5.04. The second kappa shape index (κ2) is 5.74. The molecule has 0 spiro atoms. The van der Waals surface area contributed by atoms with Crippen LogP contribution in [0.25, 0.3) is 0 Å². The third-order valence-corrected chi connectivity index (χ3v) is 1.60. The van der Waals surface area contributed by atoms with Gasteiger partial charge in [-0.1, -0.05) is 6.07 Å². The Morgan fingerprint density at radius 3 is 3.13 bits per heavy atom. The Bertz CT molecular complexity index is 338. The molecule has 0 fully saturated rings. The standard InChI is InChI=1S/C10H13N3O2/c1-3-15-10(14)13(2)12-8-9-5-4-6-11-7-9/h4-8H,3H2,1-2H3/b12-8+. The van der Waals surface area contributed by atoms with Gasteiger partial charge in [0.25, 0.3) is 0 Å². The van der Waals surface area contributed by atoms with E-state index in [-0.39, 0.29) is 0 Å². The van der Waals surface area contributed by atoms with Crippen LogP contribution in [0.2, 0.25) is 0 Å². The van der Waals surface area contributed by atoms with Crippen molar-refractivity contribution in [3.63, 3.8) is 0 Å². The second-order valence-corrected chi connectivity index (χ2v) is 2.75. The number of hydrogen-bond donors (Lipinski definition) is 0. The molecule has 0 saturated carbocycles. The van der Waals surface area contributed by atoms with Gasteiger partial charge in [-0.25, -0.2) is 9.80 Å². The minimum Gasteiger partial charge on any atom is -0.448 e. The summed E-state index contributed by atoms with van der Waals surface area (Å²) in [5.41, 5.74) is 0.827. The van der Waals surface area contributed by atoms with E-state index < -0.39 is 6.09 Å². The number of carbonyl (C=O) groups excluding carboxylic acids is 1. The minimum absolute atomic E-state index is 0.339. The van der Waals surface area contributed by atoms with E-state index in [4.69, 9.17) is 4.74 Å². The minimum atomic E-state index is -0.474. The predicted molar refractivity (Wildman–Crippen MR) is 56.6 cm³/mol. The molecule has 0 unspecified atom stereocenters. The van der Waals surface area contributed by atoms with Crippen LogP contribution >= 0.6 is 0 Å². The molecular weight excluding hydrogens is 194 g/mol. The van der Waals surface area contributed by atoms with Crippen molar-refractivity contribution in [3.05, 3.63) is 30.1 Å². The lowest BCUT2D eigenvalue weighted by Gasteiger charge is -2.09. The summed E-state index contributed by atoms with van der Waals surface area (Å²) in [6.45, 7) is 2.09. The molecule has 1 rings (SSSR count). The van der Waals surface area contributed by atoms with Gasteiger partial charge in [0.1, 0.15) is 0 Å². The molecule has 0 aliphatic heterocycles. The normalized spacial score (nSPS) is 10.3. The summed E-state index contributed by atoms with van der Waals surface area (Å²) in [5.74, 6) is 0. The second-order valence-electron chi connectivity index (χ2n) is 2.75. The Hall–Kier alpha value is -1.91. The van der Waals surface area contributed by atoms with Crippen LogP contribution in [0.1, 0.15) is 12.5 Å². The van der Waals surface area contributed by atoms with Crippen molar-refractivity contribution < 1.29 is 9.53 Å². The molecule has 0 aliphatic carbocycles. The Labute approximate surface area is 88.4 Å². The summed E-state index contributed by atoms with van der Waals surface area (Å²) >= 11 is 0. The number of nitrogens with zero attached hydrogens (tertiary/aromatic N) is 3. The smallest absolute Gasteiger partial charge is 0.430 e. The summed E-state index contributed by atoms with van der Waals surface area (Å²) in [6.07, 6.45) is 4.40.